The molecule has 2 aromatic rings. The van der Waals surface area contributed by atoms with Crippen LogP contribution < -0.4 is 9.47 Å². The molecule has 2 saturated carbocycles. The Labute approximate surface area is 330 Å². The Balaban J connectivity index is 1.54. The number of amides is 1. The number of carbonyl (C=O) groups is 1. The lowest BCUT2D eigenvalue weighted by Gasteiger charge is -2.60. The molecule has 4 aliphatic rings. The Morgan fingerprint density at radius 2 is 1.79 bits per heavy atom. The third-order valence-corrected chi connectivity index (χ3v) is 11.6. The molecule has 1 heterocycles. The van der Waals surface area contributed by atoms with Crippen LogP contribution in [0.25, 0.3) is 0 Å². The van der Waals surface area contributed by atoms with Crippen molar-refractivity contribution in [3.8, 4) is 11.5 Å². The summed E-state index contributed by atoms with van der Waals surface area (Å²) in [4.78, 5) is 33.3. The fourth-order valence-electron chi connectivity index (χ4n) is 9.02. The fraction of sp³-hybridized carbons (Fsp3) is 0.545. The number of nitro benzene ring substituents is 1. The van der Waals surface area contributed by atoms with Crippen molar-refractivity contribution >= 4 is 17.3 Å². The smallest absolute Gasteiger partial charge is 0.269 e. The molecule has 0 radical (unpaired) electrons. The van der Waals surface area contributed by atoms with Crippen molar-refractivity contribution in [2.45, 2.75) is 95.5 Å². The molecule has 3 aliphatic carbocycles. The van der Waals surface area contributed by atoms with Gasteiger partial charge in [0.15, 0.2) is 0 Å². The van der Waals surface area contributed by atoms with E-state index in [1.807, 2.05) is 17.0 Å². The number of unbranched alkanes of at least 4 members (excludes halogenated alkanes) is 2. The molecule has 0 saturated heterocycles. The van der Waals surface area contributed by atoms with Crippen molar-refractivity contribution in [3.05, 3.63) is 101 Å². The van der Waals surface area contributed by atoms with Gasteiger partial charge in [-0.25, -0.2) is 0 Å². The summed E-state index contributed by atoms with van der Waals surface area (Å²) in [6.45, 7) is 11.3. The molecule has 0 spiro atoms. The highest BCUT2D eigenvalue weighted by atomic mass is 16.7. The van der Waals surface area contributed by atoms with Gasteiger partial charge in [-0.1, -0.05) is 49.7 Å². The maximum absolute atomic E-state index is 14.3. The number of fused-ring (bicyclic) bond motifs is 2. The Morgan fingerprint density at radius 3 is 2.45 bits per heavy atom. The van der Waals surface area contributed by atoms with Crippen LogP contribution in [-0.2, 0) is 21.0 Å². The number of aliphatic hydroxyl groups excluding tert-OH is 2. The van der Waals surface area contributed by atoms with E-state index in [0.29, 0.717) is 49.6 Å². The Kier molecular flexibility index (Phi) is 14.0. The van der Waals surface area contributed by atoms with E-state index in [9.17, 15) is 25.1 Å². The lowest BCUT2D eigenvalue weighted by molar-refractivity contribution is -0.384. The molecule has 2 aromatic carbocycles. The SMILES string of the molecule is C=CCOc1ccc2c(c1)C1C(CCCCO)C(CCCCO)C=C3C(=NOCc4ccc([N+](=O)[O-])cc4)CC(N(CCC)C(=O)C4CC4)C(OCC=C)(O2)C31. The van der Waals surface area contributed by atoms with Crippen LogP contribution in [0.4, 0.5) is 5.69 Å². The fourth-order valence-corrected chi connectivity index (χ4v) is 9.02. The van der Waals surface area contributed by atoms with Gasteiger partial charge in [-0.3, -0.25) is 14.9 Å². The summed E-state index contributed by atoms with van der Waals surface area (Å²) < 4.78 is 20.4. The van der Waals surface area contributed by atoms with Gasteiger partial charge in [0.2, 0.25) is 11.7 Å². The number of oxime groups is 1. The minimum atomic E-state index is -1.30. The number of aliphatic hydroxyl groups is 2. The van der Waals surface area contributed by atoms with Crippen LogP contribution >= 0.6 is 0 Å². The van der Waals surface area contributed by atoms with Crippen LogP contribution in [0.5, 0.6) is 11.5 Å². The van der Waals surface area contributed by atoms with Crippen molar-refractivity contribution in [1.29, 1.82) is 0 Å². The number of allylic oxidation sites excluding steroid dienone is 1. The van der Waals surface area contributed by atoms with Crippen molar-refractivity contribution < 1.29 is 39.0 Å². The first-order valence-electron chi connectivity index (χ1n) is 20.3. The predicted molar refractivity (Wildman–Crippen MR) is 213 cm³/mol. The molecule has 6 unspecified atom stereocenters. The summed E-state index contributed by atoms with van der Waals surface area (Å²) in [5.41, 5.74) is 3.38. The molecule has 0 aromatic heterocycles. The molecular formula is C44H57N3O9. The van der Waals surface area contributed by atoms with Crippen LogP contribution in [0.1, 0.15) is 88.2 Å². The third kappa shape index (κ3) is 8.87. The molecule has 1 aliphatic heterocycles. The van der Waals surface area contributed by atoms with E-state index in [2.05, 4.69) is 32.2 Å². The highest BCUT2D eigenvalue weighted by molar-refractivity contribution is 6.03. The van der Waals surface area contributed by atoms with E-state index in [4.69, 9.17) is 24.2 Å². The first kappa shape index (κ1) is 41.1. The van der Waals surface area contributed by atoms with Gasteiger partial charge in [-0.15, -0.1) is 6.58 Å². The van der Waals surface area contributed by atoms with E-state index >= 15 is 0 Å². The molecular weight excluding hydrogens is 714 g/mol. The zero-order valence-corrected chi connectivity index (χ0v) is 32.6. The van der Waals surface area contributed by atoms with E-state index < -0.39 is 22.7 Å². The predicted octanol–water partition coefficient (Wildman–Crippen LogP) is 7.64. The number of benzene rings is 2. The minimum Gasteiger partial charge on any atom is -0.490 e. The Bertz CT molecular complexity index is 1760. The van der Waals surface area contributed by atoms with E-state index in [0.717, 1.165) is 61.6 Å². The van der Waals surface area contributed by atoms with Crippen molar-refractivity contribution in [3.63, 3.8) is 0 Å². The highest BCUT2D eigenvalue weighted by Gasteiger charge is 2.65. The second-order valence-corrected chi connectivity index (χ2v) is 15.4. The average molecular weight is 772 g/mol. The zero-order valence-electron chi connectivity index (χ0n) is 32.6. The topological polar surface area (TPSA) is 153 Å². The van der Waals surface area contributed by atoms with Crippen molar-refractivity contribution in [2.75, 3.05) is 33.0 Å². The normalized spacial score (nSPS) is 25.6. The highest BCUT2D eigenvalue weighted by Crippen LogP contribution is 2.62. The number of hydrogen-bond acceptors (Lipinski definition) is 10. The van der Waals surface area contributed by atoms with Gasteiger partial charge in [0.05, 0.1) is 23.2 Å². The van der Waals surface area contributed by atoms with Gasteiger partial charge in [0.1, 0.15) is 30.8 Å². The average Bonchev–Trinajstić information content (AvgIpc) is 4.06. The van der Waals surface area contributed by atoms with Gasteiger partial charge < -0.3 is 34.2 Å². The molecule has 2 fully saturated rings. The largest absolute Gasteiger partial charge is 0.490 e. The van der Waals surface area contributed by atoms with Crippen LogP contribution in [0.3, 0.4) is 0 Å². The number of non-ortho nitro benzene ring substituents is 1. The van der Waals surface area contributed by atoms with Crippen molar-refractivity contribution in [1.82, 2.24) is 4.90 Å². The summed E-state index contributed by atoms with van der Waals surface area (Å²) >= 11 is 0. The van der Waals surface area contributed by atoms with E-state index in [-0.39, 0.29) is 61.7 Å². The number of nitrogens with zero attached hydrogens (tertiary/aromatic N) is 3. The molecule has 0 bridgehead atoms. The molecule has 1 amide bonds. The molecule has 56 heavy (non-hydrogen) atoms. The van der Waals surface area contributed by atoms with Gasteiger partial charge in [0, 0.05) is 55.7 Å². The maximum atomic E-state index is 14.3. The lowest BCUT2D eigenvalue weighted by Crippen LogP contribution is -2.70. The number of ether oxygens (including phenoxy) is 3. The summed E-state index contributed by atoms with van der Waals surface area (Å²) in [6, 6.07) is 11.6. The minimum absolute atomic E-state index is 0.00258. The summed E-state index contributed by atoms with van der Waals surface area (Å²) in [7, 11) is 0. The zero-order chi connectivity index (χ0) is 39.7. The molecule has 302 valence electrons. The number of rotatable bonds is 22. The summed E-state index contributed by atoms with van der Waals surface area (Å²) in [5.74, 6) is -0.264. The maximum Gasteiger partial charge on any atom is 0.269 e. The van der Waals surface area contributed by atoms with Gasteiger partial charge in [-0.05, 0) is 98.2 Å². The first-order valence-corrected chi connectivity index (χ1v) is 20.3. The third-order valence-electron chi connectivity index (χ3n) is 11.6. The van der Waals surface area contributed by atoms with Crippen LogP contribution in [-0.4, -0.2) is 76.5 Å². The molecule has 6 rings (SSSR count). The summed E-state index contributed by atoms with van der Waals surface area (Å²) in [5, 5.41) is 35.8. The molecule has 12 heteroatoms. The van der Waals surface area contributed by atoms with Crippen LogP contribution in [0.2, 0.25) is 0 Å². The standard InChI is InChI=1S/C44H57N3O9/c1-4-21-46(43(50)31-15-16-31)40-28-38(45-55-29-30-13-17-33(18-14-30)47(51)52)36-26-32(11-7-9-22-48)35(12-8-10-23-49)41-37-27-34(53-24-5-2)19-20-39(37)56-44(40,42(36)41)54-25-6-3/h5-6,13-14,17-20,26-27,31-32,35,40-42,48-49H,2-4,7-12,15-16,21-25,28-29H2,1H3. The first-order chi connectivity index (χ1) is 27.3. The number of hydrogen-bond donors (Lipinski definition) is 2. The second-order valence-electron chi connectivity index (χ2n) is 15.4. The molecule has 12 nitrogen and oxygen atoms in total. The quantitative estimate of drug-likeness (QED) is 0.0532. The number of nitro groups is 1. The van der Waals surface area contributed by atoms with E-state index in [1.54, 1.807) is 24.3 Å². The van der Waals surface area contributed by atoms with Gasteiger partial charge in [-0.2, -0.15) is 0 Å². The lowest BCUT2D eigenvalue weighted by atomic mass is 9.55. The Morgan fingerprint density at radius 1 is 1.05 bits per heavy atom. The van der Waals surface area contributed by atoms with Gasteiger partial charge >= 0.3 is 0 Å². The number of carbonyl (C=O) groups excluding carboxylic acids is 1. The van der Waals surface area contributed by atoms with Crippen molar-refractivity contribution in [2.24, 2.45) is 28.8 Å². The summed E-state index contributed by atoms with van der Waals surface area (Å²) in [6.07, 6.45) is 13.2. The monoisotopic (exact) mass is 771 g/mol. The van der Waals surface area contributed by atoms with Crippen LogP contribution in [0.15, 0.2) is 84.6 Å². The van der Waals surface area contributed by atoms with E-state index in [1.165, 1.54) is 12.1 Å². The molecule has 6 atom stereocenters. The molecule has 2 N–H and O–H groups in total. The second kappa shape index (κ2) is 19.1. The van der Waals surface area contributed by atoms with Crippen LogP contribution in [0, 0.1) is 33.8 Å². The Hall–Kier alpha value is -4.52. The van der Waals surface area contributed by atoms with Gasteiger partial charge in [0.25, 0.3) is 5.69 Å².